The number of piperazine rings is 1. The van der Waals surface area contributed by atoms with E-state index in [1.807, 2.05) is 6.92 Å². The SMILES string of the molecule is COCCCNC(=O)CN1CCN(C(C)C(=O)Nc2cc(Cl)ccc2OC)CC1. The van der Waals surface area contributed by atoms with Gasteiger partial charge in [0.1, 0.15) is 5.75 Å². The van der Waals surface area contributed by atoms with Crippen molar-refractivity contribution in [1.29, 1.82) is 0 Å². The summed E-state index contributed by atoms with van der Waals surface area (Å²) in [4.78, 5) is 28.9. The highest BCUT2D eigenvalue weighted by Gasteiger charge is 2.26. The molecule has 1 aliphatic rings. The van der Waals surface area contributed by atoms with Crippen molar-refractivity contribution in [1.82, 2.24) is 15.1 Å². The molecule has 1 saturated heterocycles. The molecule has 1 heterocycles. The van der Waals surface area contributed by atoms with Crippen LogP contribution in [0.4, 0.5) is 5.69 Å². The van der Waals surface area contributed by atoms with Crippen LogP contribution in [0.3, 0.4) is 0 Å². The Morgan fingerprint density at radius 3 is 2.59 bits per heavy atom. The molecule has 0 aromatic heterocycles. The average Bonchev–Trinajstić information content (AvgIpc) is 2.71. The zero-order valence-corrected chi connectivity index (χ0v) is 18.1. The summed E-state index contributed by atoms with van der Waals surface area (Å²) in [5.41, 5.74) is 0.556. The molecule has 2 rings (SSSR count). The Morgan fingerprint density at radius 2 is 1.93 bits per heavy atom. The van der Waals surface area contributed by atoms with Gasteiger partial charge in [-0.25, -0.2) is 0 Å². The summed E-state index contributed by atoms with van der Waals surface area (Å²) in [6.07, 6.45) is 0.806. The van der Waals surface area contributed by atoms with Crippen LogP contribution in [0.25, 0.3) is 0 Å². The number of benzene rings is 1. The molecule has 1 aromatic rings. The molecule has 0 aliphatic carbocycles. The van der Waals surface area contributed by atoms with E-state index in [4.69, 9.17) is 21.1 Å². The summed E-state index contributed by atoms with van der Waals surface area (Å²) < 4.78 is 10.3. The van der Waals surface area contributed by atoms with E-state index in [-0.39, 0.29) is 17.9 Å². The number of carbonyl (C=O) groups is 2. The maximum absolute atomic E-state index is 12.7. The van der Waals surface area contributed by atoms with Crippen LogP contribution in [-0.2, 0) is 14.3 Å². The van der Waals surface area contributed by atoms with Gasteiger partial charge in [0.15, 0.2) is 0 Å². The number of hydrogen-bond donors (Lipinski definition) is 2. The highest BCUT2D eigenvalue weighted by molar-refractivity contribution is 6.31. The van der Waals surface area contributed by atoms with Gasteiger partial charge in [-0.15, -0.1) is 0 Å². The van der Waals surface area contributed by atoms with E-state index in [9.17, 15) is 9.59 Å². The van der Waals surface area contributed by atoms with Gasteiger partial charge in [-0.05, 0) is 31.5 Å². The van der Waals surface area contributed by atoms with Crippen LogP contribution in [0.2, 0.25) is 5.02 Å². The second kappa shape index (κ2) is 12.0. The zero-order valence-electron chi connectivity index (χ0n) is 17.4. The summed E-state index contributed by atoms with van der Waals surface area (Å²) in [7, 11) is 3.20. The number of halogens is 1. The molecule has 0 saturated carbocycles. The van der Waals surface area contributed by atoms with E-state index in [1.54, 1.807) is 32.4 Å². The van der Waals surface area contributed by atoms with Crippen LogP contribution in [0.15, 0.2) is 18.2 Å². The Labute approximate surface area is 177 Å². The first-order chi connectivity index (χ1) is 13.9. The van der Waals surface area contributed by atoms with Crippen molar-refractivity contribution >= 4 is 29.1 Å². The molecule has 8 nitrogen and oxygen atoms in total. The number of amides is 2. The molecule has 1 unspecified atom stereocenters. The van der Waals surface area contributed by atoms with Crippen molar-refractivity contribution in [3.63, 3.8) is 0 Å². The molecule has 0 spiro atoms. The van der Waals surface area contributed by atoms with Crippen molar-refractivity contribution in [3.05, 3.63) is 23.2 Å². The van der Waals surface area contributed by atoms with Gasteiger partial charge in [0.2, 0.25) is 11.8 Å². The van der Waals surface area contributed by atoms with Crippen LogP contribution in [0, 0.1) is 0 Å². The van der Waals surface area contributed by atoms with Crippen molar-refractivity contribution < 1.29 is 19.1 Å². The lowest BCUT2D eigenvalue weighted by Crippen LogP contribution is -2.54. The lowest BCUT2D eigenvalue weighted by atomic mass is 10.2. The second-order valence-corrected chi connectivity index (χ2v) is 7.45. The molecular weight excluding hydrogens is 396 g/mol. The van der Waals surface area contributed by atoms with Gasteiger partial charge >= 0.3 is 0 Å². The normalized spacial score (nSPS) is 16.3. The molecule has 1 fully saturated rings. The second-order valence-electron chi connectivity index (χ2n) is 7.02. The number of carbonyl (C=O) groups excluding carboxylic acids is 2. The first-order valence-corrected chi connectivity index (χ1v) is 10.2. The van der Waals surface area contributed by atoms with Gasteiger partial charge in [-0.2, -0.15) is 0 Å². The van der Waals surface area contributed by atoms with Gasteiger partial charge in [0, 0.05) is 51.5 Å². The summed E-state index contributed by atoms with van der Waals surface area (Å²) in [6, 6.07) is 4.81. The molecular formula is C20H31ClN4O4. The molecule has 29 heavy (non-hydrogen) atoms. The molecule has 1 aliphatic heterocycles. The van der Waals surface area contributed by atoms with Crippen LogP contribution >= 0.6 is 11.6 Å². The van der Waals surface area contributed by atoms with E-state index in [0.29, 0.717) is 36.2 Å². The summed E-state index contributed by atoms with van der Waals surface area (Å²) >= 11 is 6.03. The maximum Gasteiger partial charge on any atom is 0.241 e. The highest BCUT2D eigenvalue weighted by atomic mass is 35.5. The monoisotopic (exact) mass is 426 g/mol. The molecule has 162 valence electrons. The molecule has 1 aromatic carbocycles. The molecule has 0 radical (unpaired) electrons. The minimum atomic E-state index is -0.302. The maximum atomic E-state index is 12.7. The predicted molar refractivity (Wildman–Crippen MR) is 114 cm³/mol. The minimum absolute atomic E-state index is 0.0217. The number of hydrogen-bond acceptors (Lipinski definition) is 6. The quantitative estimate of drug-likeness (QED) is 0.551. The first-order valence-electron chi connectivity index (χ1n) is 9.81. The Kier molecular flexibility index (Phi) is 9.66. The number of nitrogens with zero attached hydrogens (tertiary/aromatic N) is 2. The lowest BCUT2D eigenvalue weighted by molar-refractivity contribution is -0.124. The first kappa shape index (κ1) is 23.4. The van der Waals surface area contributed by atoms with Crippen molar-refractivity contribution in [2.24, 2.45) is 0 Å². The third-order valence-electron chi connectivity index (χ3n) is 4.97. The fourth-order valence-corrected chi connectivity index (χ4v) is 3.37. The number of ether oxygens (including phenoxy) is 2. The van der Waals surface area contributed by atoms with E-state index in [0.717, 1.165) is 32.6 Å². The van der Waals surface area contributed by atoms with Crippen LogP contribution in [0.1, 0.15) is 13.3 Å². The van der Waals surface area contributed by atoms with Gasteiger partial charge in [-0.3, -0.25) is 19.4 Å². The third kappa shape index (κ3) is 7.47. The predicted octanol–water partition coefficient (Wildman–Crippen LogP) is 1.45. The Bertz CT molecular complexity index is 680. The smallest absolute Gasteiger partial charge is 0.241 e. The summed E-state index contributed by atoms with van der Waals surface area (Å²) in [5, 5.41) is 6.33. The largest absolute Gasteiger partial charge is 0.495 e. The summed E-state index contributed by atoms with van der Waals surface area (Å²) in [5.74, 6) is 0.472. The van der Waals surface area contributed by atoms with Gasteiger partial charge in [-0.1, -0.05) is 11.6 Å². The van der Waals surface area contributed by atoms with Gasteiger partial charge < -0.3 is 20.1 Å². The standard InChI is InChI=1S/C20H31ClN4O4/c1-15(20(27)23-17-13-16(21)5-6-18(17)29-3)25-10-8-24(9-11-25)14-19(26)22-7-4-12-28-2/h5-6,13,15H,4,7-12,14H2,1-3H3,(H,22,26)(H,23,27). The molecule has 0 bridgehead atoms. The van der Waals surface area contributed by atoms with Crippen molar-refractivity contribution in [2.45, 2.75) is 19.4 Å². The number of nitrogens with one attached hydrogen (secondary N) is 2. The van der Waals surface area contributed by atoms with Crippen molar-refractivity contribution in [3.8, 4) is 5.75 Å². The average molecular weight is 427 g/mol. The number of rotatable bonds is 10. The molecule has 9 heteroatoms. The van der Waals surface area contributed by atoms with E-state index in [2.05, 4.69) is 20.4 Å². The Hall–Kier alpha value is -1.87. The molecule has 2 amide bonds. The van der Waals surface area contributed by atoms with Crippen LogP contribution in [-0.4, -0.2) is 87.8 Å². The van der Waals surface area contributed by atoms with Crippen molar-refractivity contribution in [2.75, 3.05) is 65.4 Å². The van der Waals surface area contributed by atoms with Gasteiger partial charge in [0.05, 0.1) is 25.4 Å². The Morgan fingerprint density at radius 1 is 1.21 bits per heavy atom. The van der Waals surface area contributed by atoms with Crippen LogP contribution < -0.4 is 15.4 Å². The van der Waals surface area contributed by atoms with E-state index >= 15 is 0 Å². The fraction of sp³-hybridized carbons (Fsp3) is 0.600. The van der Waals surface area contributed by atoms with E-state index in [1.165, 1.54) is 0 Å². The molecule has 2 N–H and O–H groups in total. The minimum Gasteiger partial charge on any atom is -0.495 e. The fourth-order valence-electron chi connectivity index (χ4n) is 3.19. The Balaban J connectivity index is 1.78. The number of methoxy groups -OCH3 is 2. The van der Waals surface area contributed by atoms with Crippen LogP contribution in [0.5, 0.6) is 5.75 Å². The molecule has 1 atom stereocenters. The van der Waals surface area contributed by atoms with E-state index < -0.39 is 0 Å². The number of anilines is 1. The summed E-state index contributed by atoms with van der Waals surface area (Å²) in [6.45, 7) is 6.44. The lowest BCUT2D eigenvalue weighted by Gasteiger charge is -2.37. The topological polar surface area (TPSA) is 83.1 Å². The van der Waals surface area contributed by atoms with Gasteiger partial charge in [0.25, 0.3) is 0 Å². The zero-order chi connectivity index (χ0) is 21.2. The third-order valence-corrected chi connectivity index (χ3v) is 5.20. The highest BCUT2D eigenvalue weighted by Crippen LogP contribution is 2.28.